The average Bonchev–Trinajstić information content (AvgIpc) is 3.94. The van der Waals surface area contributed by atoms with E-state index in [9.17, 15) is 0 Å². The number of para-hydroxylation sites is 2. The van der Waals surface area contributed by atoms with Crippen molar-refractivity contribution in [3.8, 4) is 27.9 Å². The predicted molar refractivity (Wildman–Crippen MR) is 233 cm³/mol. The zero-order valence-electron chi connectivity index (χ0n) is 31.6. The topological polar surface area (TPSA) is 8.17 Å². The van der Waals surface area contributed by atoms with Gasteiger partial charge in [0.05, 0.1) is 16.7 Å². The first-order valence-electron chi connectivity index (χ1n) is 19.9. The molecular formula is C54H40N2. The number of nitrogens with zero attached hydrogens (tertiary/aromatic N) is 2. The quantitative estimate of drug-likeness (QED) is 0.176. The summed E-state index contributed by atoms with van der Waals surface area (Å²) < 4.78 is 2.41. The maximum Gasteiger partial charge on any atom is 0.0543 e. The number of aromatic nitrogens is 1. The van der Waals surface area contributed by atoms with E-state index in [-0.39, 0.29) is 10.8 Å². The molecule has 0 N–H and O–H groups in total. The molecule has 1 spiro atoms. The fourth-order valence-electron chi connectivity index (χ4n) is 10.9. The zero-order valence-corrected chi connectivity index (χ0v) is 31.6. The van der Waals surface area contributed by atoms with Gasteiger partial charge >= 0.3 is 0 Å². The Labute approximate surface area is 327 Å². The van der Waals surface area contributed by atoms with E-state index >= 15 is 0 Å². The van der Waals surface area contributed by atoms with Crippen molar-refractivity contribution in [3.05, 3.63) is 215 Å². The summed E-state index contributed by atoms with van der Waals surface area (Å²) in [6, 6.07) is 68.3. The van der Waals surface area contributed by atoms with Gasteiger partial charge < -0.3 is 9.47 Å². The van der Waals surface area contributed by atoms with E-state index in [0.717, 1.165) is 18.5 Å². The Morgan fingerprint density at radius 1 is 0.446 bits per heavy atom. The Balaban J connectivity index is 1.13. The molecule has 9 aromatic rings. The third-order valence-electron chi connectivity index (χ3n) is 13.4. The second-order valence-electron chi connectivity index (χ2n) is 16.6. The first kappa shape index (κ1) is 31.7. The van der Waals surface area contributed by atoms with Crippen LogP contribution in [0.25, 0.3) is 49.7 Å². The molecule has 2 heteroatoms. The Bertz CT molecular complexity index is 3050. The van der Waals surface area contributed by atoms with E-state index in [1.54, 1.807) is 0 Å². The van der Waals surface area contributed by atoms with Crippen molar-refractivity contribution in [1.82, 2.24) is 4.57 Å². The van der Waals surface area contributed by atoms with Crippen LogP contribution in [-0.4, -0.2) is 4.57 Å². The van der Waals surface area contributed by atoms with Crippen LogP contribution in [0.1, 0.15) is 47.2 Å². The summed E-state index contributed by atoms with van der Waals surface area (Å²) in [5.74, 6) is 0. The normalized spacial score (nSPS) is 15.1. The fraction of sp³-hybridized carbons (Fsp3) is 0.111. The number of benzene rings is 8. The molecule has 0 amide bonds. The molecule has 1 aromatic heterocycles. The molecule has 266 valence electrons. The van der Waals surface area contributed by atoms with Gasteiger partial charge in [0.15, 0.2) is 0 Å². The largest absolute Gasteiger partial charge is 0.310 e. The van der Waals surface area contributed by atoms with E-state index in [1.807, 2.05) is 0 Å². The second-order valence-corrected chi connectivity index (χ2v) is 16.6. The van der Waals surface area contributed by atoms with Crippen molar-refractivity contribution >= 4 is 38.9 Å². The maximum atomic E-state index is 2.56. The zero-order chi connectivity index (χ0) is 37.2. The molecule has 1 heterocycles. The number of hydrogen-bond acceptors (Lipinski definition) is 1. The summed E-state index contributed by atoms with van der Waals surface area (Å²) in [5, 5.41) is 2.50. The van der Waals surface area contributed by atoms with Crippen LogP contribution in [0.4, 0.5) is 17.1 Å². The third kappa shape index (κ3) is 4.22. The highest BCUT2D eigenvalue weighted by atomic mass is 15.1. The standard InChI is InChI=1S/C54H40N2/c1-53(2)45-22-11-9-21-43(45)52-47(53)24-14-26-51(52)55(38-28-30-50-44(31-38)42-20-10-13-25-49(42)56(50)37-17-4-3-5-18-37)39-27-29-41-40-19-8-12-23-46(40)54(48(41)32-39)33-35-15-6-7-16-36(35)34-54/h3-32H,33-34H2,1-2H3. The van der Waals surface area contributed by atoms with Crippen LogP contribution in [0.5, 0.6) is 0 Å². The molecule has 3 aliphatic carbocycles. The van der Waals surface area contributed by atoms with Gasteiger partial charge in [-0.15, -0.1) is 0 Å². The van der Waals surface area contributed by atoms with Gasteiger partial charge in [0, 0.05) is 44.2 Å². The van der Waals surface area contributed by atoms with Gasteiger partial charge in [-0.1, -0.05) is 141 Å². The minimum Gasteiger partial charge on any atom is -0.310 e. The van der Waals surface area contributed by atoms with Gasteiger partial charge in [-0.2, -0.15) is 0 Å². The summed E-state index contributed by atoms with van der Waals surface area (Å²) in [5.41, 5.74) is 20.9. The lowest BCUT2D eigenvalue weighted by atomic mass is 9.75. The van der Waals surface area contributed by atoms with Gasteiger partial charge in [-0.05, 0) is 118 Å². The lowest BCUT2D eigenvalue weighted by molar-refractivity contribution is 0.563. The minimum absolute atomic E-state index is 0.0996. The summed E-state index contributed by atoms with van der Waals surface area (Å²) >= 11 is 0. The number of fused-ring (bicyclic) bond motifs is 12. The first-order valence-corrected chi connectivity index (χ1v) is 19.9. The van der Waals surface area contributed by atoms with Gasteiger partial charge in [0.2, 0.25) is 0 Å². The second kappa shape index (κ2) is 11.4. The number of rotatable bonds is 4. The van der Waals surface area contributed by atoms with E-state index in [0.29, 0.717) is 0 Å². The Morgan fingerprint density at radius 3 is 1.88 bits per heavy atom. The molecule has 8 aromatic carbocycles. The highest BCUT2D eigenvalue weighted by Gasteiger charge is 2.47. The predicted octanol–water partition coefficient (Wildman–Crippen LogP) is 13.6. The van der Waals surface area contributed by atoms with E-state index in [2.05, 4.69) is 205 Å². The Morgan fingerprint density at radius 2 is 1.05 bits per heavy atom. The molecular weight excluding hydrogens is 677 g/mol. The summed E-state index contributed by atoms with van der Waals surface area (Å²) in [7, 11) is 0. The van der Waals surface area contributed by atoms with Crippen molar-refractivity contribution in [1.29, 1.82) is 0 Å². The van der Waals surface area contributed by atoms with E-state index in [1.165, 1.54) is 94.5 Å². The lowest BCUT2D eigenvalue weighted by Crippen LogP contribution is -2.26. The third-order valence-corrected chi connectivity index (χ3v) is 13.4. The van der Waals surface area contributed by atoms with Gasteiger partial charge in [-0.3, -0.25) is 0 Å². The lowest BCUT2D eigenvalue weighted by Gasteiger charge is -2.31. The first-order chi connectivity index (χ1) is 27.5. The molecule has 12 rings (SSSR count). The SMILES string of the molecule is CC1(C)c2ccccc2-c2c(N(c3ccc4c(c3)C3(Cc5ccccc5C3)c3ccccc3-4)c3ccc4c(c3)c3ccccc3n4-c3ccccc3)cccc21. The van der Waals surface area contributed by atoms with Crippen molar-refractivity contribution in [2.75, 3.05) is 4.90 Å². The molecule has 0 unspecified atom stereocenters. The van der Waals surface area contributed by atoms with E-state index in [4.69, 9.17) is 0 Å². The van der Waals surface area contributed by atoms with Crippen LogP contribution in [0.15, 0.2) is 182 Å². The molecule has 0 aliphatic heterocycles. The molecule has 3 aliphatic rings. The molecule has 0 fully saturated rings. The summed E-state index contributed by atoms with van der Waals surface area (Å²) in [4.78, 5) is 2.56. The molecule has 56 heavy (non-hydrogen) atoms. The Kier molecular flexibility index (Phi) is 6.47. The number of anilines is 3. The number of hydrogen-bond donors (Lipinski definition) is 0. The Hall–Kier alpha value is -6.64. The summed E-state index contributed by atoms with van der Waals surface area (Å²) in [6.07, 6.45) is 2.04. The van der Waals surface area contributed by atoms with Crippen LogP contribution in [0, 0.1) is 0 Å². The van der Waals surface area contributed by atoms with Gasteiger partial charge in [-0.25, -0.2) is 0 Å². The van der Waals surface area contributed by atoms with Gasteiger partial charge in [0.1, 0.15) is 0 Å². The van der Waals surface area contributed by atoms with Crippen molar-refractivity contribution in [2.24, 2.45) is 0 Å². The molecule has 0 bridgehead atoms. The van der Waals surface area contributed by atoms with Crippen LogP contribution in [-0.2, 0) is 23.7 Å². The van der Waals surface area contributed by atoms with Crippen molar-refractivity contribution in [3.63, 3.8) is 0 Å². The van der Waals surface area contributed by atoms with Crippen LogP contribution < -0.4 is 4.90 Å². The molecule has 0 saturated heterocycles. The molecule has 0 atom stereocenters. The average molecular weight is 717 g/mol. The van der Waals surface area contributed by atoms with Crippen LogP contribution in [0.2, 0.25) is 0 Å². The smallest absolute Gasteiger partial charge is 0.0543 e. The molecule has 2 nitrogen and oxygen atoms in total. The highest BCUT2D eigenvalue weighted by molar-refractivity contribution is 6.11. The van der Waals surface area contributed by atoms with Crippen molar-refractivity contribution < 1.29 is 0 Å². The monoisotopic (exact) mass is 716 g/mol. The summed E-state index contributed by atoms with van der Waals surface area (Å²) in [6.45, 7) is 4.76. The van der Waals surface area contributed by atoms with Gasteiger partial charge in [0.25, 0.3) is 0 Å². The minimum atomic E-state index is -0.111. The van der Waals surface area contributed by atoms with Crippen LogP contribution in [0.3, 0.4) is 0 Å². The van der Waals surface area contributed by atoms with E-state index < -0.39 is 0 Å². The highest BCUT2D eigenvalue weighted by Crippen LogP contribution is 2.58. The molecule has 0 radical (unpaired) electrons. The maximum absolute atomic E-state index is 2.56. The van der Waals surface area contributed by atoms with Crippen molar-refractivity contribution in [2.45, 2.75) is 37.5 Å². The molecule has 0 saturated carbocycles. The van der Waals surface area contributed by atoms with Crippen LogP contribution >= 0.6 is 0 Å². The fourth-order valence-corrected chi connectivity index (χ4v) is 10.9.